The van der Waals surface area contributed by atoms with Gasteiger partial charge in [0.05, 0.1) is 17.3 Å². The zero-order valence-electron chi connectivity index (χ0n) is 33.6. The molecule has 3 aromatic carbocycles. The van der Waals surface area contributed by atoms with Crippen molar-refractivity contribution < 1.29 is 14.3 Å². The van der Waals surface area contributed by atoms with Gasteiger partial charge >= 0.3 is 0 Å². The number of ether oxygens (including phenoxy) is 1. The number of carbonyl (C=O) groups is 2. The molecule has 0 unspecified atom stereocenters. The second-order valence-corrected chi connectivity index (χ2v) is 15.4. The van der Waals surface area contributed by atoms with Crippen LogP contribution in [0.3, 0.4) is 0 Å². The number of amides is 2. The van der Waals surface area contributed by atoms with Crippen molar-refractivity contribution in [1.29, 1.82) is 0 Å². The van der Waals surface area contributed by atoms with Gasteiger partial charge in [0, 0.05) is 94.0 Å². The second kappa shape index (κ2) is 17.8. The molecule has 7 rings (SSSR count). The van der Waals surface area contributed by atoms with Crippen LogP contribution in [0.2, 0.25) is 0 Å². The standard InChI is InChI=1S/C45H56N8O3/c1-6-41-39(42(49-37-13-19-56-20-14-37)40-28-48-53(7-2)43(40)50-41)27-47-45(55)36-22-30(3)21-35(25-36)44(54)46-26-32-12-11-31(4)38(24-32)34-10-8-9-33(23-34)29-52-17-15-51(5)16-18-52/h8-12,21-25,28,37H,6-7,13-20,26-27,29H2,1-5H3,(H,46,54)(H,47,55)(H,49,50). The van der Waals surface area contributed by atoms with Crippen LogP contribution in [0.1, 0.15) is 80.9 Å². The highest BCUT2D eigenvalue weighted by Gasteiger charge is 2.23. The minimum Gasteiger partial charge on any atom is -0.381 e. The Kier molecular flexibility index (Phi) is 12.4. The van der Waals surface area contributed by atoms with E-state index < -0.39 is 0 Å². The van der Waals surface area contributed by atoms with E-state index in [-0.39, 0.29) is 24.4 Å². The summed E-state index contributed by atoms with van der Waals surface area (Å²) < 4.78 is 7.53. The molecule has 0 aliphatic carbocycles. The third-order valence-electron chi connectivity index (χ3n) is 11.2. The monoisotopic (exact) mass is 756 g/mol. The molecule has 11 heteroatoms. The normalized spacial score (nSPS) is 15.6. The summed E-state index contributed by atoms with van der Waals surface area (Å²) in [5.74, 6) is -0.470. The fourth-order valence-corrected chi connectivity index (χ4v) is 7.89. The Morgan fingerprint density at radius 2 is 1.59 bits per heavy atom. The van der Waals surface area contributed by atoms with Crippen LogP contribution in [-0.2, 0) is 37.3 Å². The first-order valence-corrected chi connectivity index (χ1v) is 20.2. The fraction of sp³-hybridized carbons (Fsp3) is 0.422. The van der Waals surface area contributed by atoms with Crippen LogP contribution in [-0.4, -0.2) is 88.9 Å². The van der Waals surface area contributed by atoms with Crippen molar-refractivity contribution >= 4 is 28.5 Å². The number of hydrogen-bond acceptors (Lipinski definition) is 8. The summed E-state index contributed by atoms with van der Waals surface area (Å²) in [6, 6.07) is 20.8. The number of anilines is 1. The highest BCUT2D eigenvalue weighted by atomic mass is 16.5. The summed E-state index contributed by atoms with van der Waals surface area (Å²) >= 11 is 0. The number of hydrogen-bond donors (Lipinski definition) is 3. The molecule has 3 N–H and O–H groups in total. The van der Waals surface area contributed by atoms with E-state index >= 15 is 0 Å². The summed E-state index contributed by atoms with van der Waals surface area (Å²) in [7, 11) is 2.18. The lowest BCUT2D eigenvalue weighted by Gasteiger charge is -2.32. The van der Waals surface area contributed by atoms with Crippen molar-refractivity contribution in [2.45, 2.75) is 79.2 Å². The van der Waals surface area contributed by atoms with Gasteiger partial charge < -0.3 is 25.6 Å². The number of carbonyl (C=O) groups excluding carboxylic acids is 2. The Hall–Kier alpha value is -5.10. The molecule has 294 valence electrons. The lowest BCUT2D eigenvalue weighted by atomic mass is 9.96. The number of aromatic nitrogens is 3. The van der Waals surface area contributed by atoms with Crippen molar-refractivity contribution in [1.82, 2.24) is 35.2 Å². The highest BCUT2D eigenvalue weighted by Crippen LogP contribution is 2.32. The van der Waals surface area contributed by atoms with Crippen molar-refractivity contribution in [3.8, 4) is 11.1 Å². The molecular formula is C45H56N8O3. The van der Waals surface area contributed by atoms with E-state index in [9.17, 15) is 9.59 Å². The van der Waals surface area contributed by atoms with E-state index in [1.54, 1.807) is 6.07 Å². The van der Waals surface area contributed by atoms with Gasteiger partial charge in [-0.1, -0.05) is 37.3 Å². The maximum absolute atomic E-state index is 13.8. The molecule has 0 saturated carbocycles. The number of likely N-dealkylation sites (N-methyl/N-ethyl adjacent to an activating group) is 1. The molecule has 56 heavy (non-hydrogen) atoms. The van der Waals surface area contributed by atoms with Crippen LogP contribution in [0.4, 0.5) is 5.69 Å². The number of piperazine rings is 1. The number of nitrogens with one attached hydrogen (secondary N) is 3. The molecule has 4 heterocycles. The molecule has 0 radical (unpaired) electrons. The quantitative estimate of drug-likeness (QED) is 0.125. The van der Waals surface area contributed by atoms with E-state index in [1.165, 1.54) is 16.7 Å². The minimum atomic E-state index is -0.246. The molecule has 2 amide bonds. The first kappa shape index (κ1) is 39.1. The van der Waals surface area contributed by atoms with Gasteiger partial charge in [-0.25, -0.2) is 9.67 Å². The van der Waals surface area contributed by atoms with Crippen LogP contribution in [0.15, 0.2) is 66.9 Å². The van der Waals surface area contributed by atoms with Gasteiger partial charge in [0.1, 0.15) is 0 Å². The average molecular weight is 757 g/mol. The van der Waals surface area contributed by atoms with Crippen LogP contribution in [0, 0.1) is 13.8 Å². The Morgan fingerprint density at radius 3 is 2.30 bits per heavy atom. The smallest absolute Gasteiger partial charge is 0.251 e. The van der Waals surface area contributed by atoms with E-state index in [1.807, 2.05) is 29.9 Å². The molecule has 2 fully saturated rings. The van der Waals surface area contributed by atoms with Crippen LogP contribution in [0.5, 0.6) is 0 Å². The molecule has 2 aliphatic heterocycles. The summed E-state index contributed by atoms with van der Waals surface area (Å²) in [5.41, 5.74) is 11.3. The van der Waals surface area contributed by atoms with Crippen LogP contribution in [0.25, 0.3) is 22.2 Å². The van der Waals surface area contributed by atoms with Crippen molar-refractivity contribution in [2.24, 2.45) is 0 Å². The van der Waals surface area contributed by atoms with E-state index in [0.29, 0.717) is 43.9 Å². The summed E-state index contributed by atoms with van der Waals surface area (Å²) in [6.45, 7) is 16.3. The topological polar surface area (TPSA) is 117 Å². The Balaban J connectivity index is 1.03. The SMILES string of the molecule is CCc1nc2c(cnn2CC)c(NC2CCOCC2)c1CNC(=O)c1cc(C)cc(C(=O)NCc2ccc(C)c(-c3cccc(CN4CCN(C)CC4)c3)c2)c1. The molecule has 5 aromatic rings. The van der Waals surface area contributed by atoms with Crippen molar-refractivity contribution in [3.05, 3.63) is 111 Å². The zero-order valence-corrected chi connectivity index (χ0v) is 33.6. The van der Waals surface area contributed by atoms with Crippen molar-refractivity contribution in [2.75, 3.05) is 51.8 Å². The maximum atomic E-state index is 13.8. The molecule has 11 nitrogen and oxygen atoms in total. The van der Waals surface area contributed by atoms with Crippen molar-refractivity contribution in [3.63, 3.8) is 0 Å². The molecule has 2 aromatic heterocycles. The molecular weight excluding hydrogens is 701 g/mol. The first-order valence-electron chi connectivity index (χ1n) is 20.2. The molecule has 0 spiro atoms. The number of aryl methyl sites for hydroxylation is 4. The van der Waals surface area contributed by atoms with Gasteiger partial charge in [0.25, 0.3) is 11.8 Å². The second-order valence-electron chi connectivity index (χ2n) is 15.4. The zero-order chi connectivity index (χ0) is 39.2. The van der Waals surface area contributed by atoms with Gasteiger partial charge in [0.15, 0.2) is 5.65 Å². The maximum Gasteiger partial charge on any atom is 0.251 e. The number of benzene rings is 3. The molecule has 2 aliphatic rings. The number of rotatable bonds is 13. The predicted octanol–water partition coefficient (Wildman–Crippen LogP) is 6.50. The molecule has 2 saturated heterocycles. The third-order valence-corrected chi connectivity index (χ3v) is 11.2. The predicted molar refractivity (Wildman–Crippen MR) is 223 cm³/mol. The highest BCUT2D eigenvalue weighted by molar-refractivity contribution is 6.00. The lowest BCUT2D eigenvalue weighted by Crippen LogP contribution is -2.43. The summed E-state index contributed by atoms with van der Waals surface area (Å²) in [6.07, 6.45) is 4.39. The van der Waals surface area contributed by atoms with Gasteiger partial charge in [-0.2, -0.15) is 5.10 Å². The van der Waals surface area contributed by atoms with Gasteiger partial charge in [-0.05, 0) is 111 Å². The molecule has 0 bridgehead atoms. The number of nitrogens with zero attached hydrogens (tertiary/aromatic N) is 5. The summed E-state index contributed by atoms with van der Waals surface area (Å²) in [4.78, 5) is 37.3. The Morgan fingerprint density at radius 1 is 0.857 bits per heavy atom. The number of fused-ring (bicyclic) bond motifs is 1. The largest absolute Gasteiger partial charge is 0.381 e. The Bertz CT molecular complexity index is 2180. The van der Waals surface area contributed by atoms with Crippen LogP contribution >= 0.6 is 0 Å². The third kappa shape index (κ3) is 9.12. The number of pyridine rings is 1. The van der Waals surface area contributed by atoms with E-state index in [2.05, 4.69) is 101 Å². The molecule has 0 atom stereocenters. The minimum absolute atomic E-state index is 0.224. The van der Waals surface area contributed by atoms with Crippen LogP contribution < -0.4 is 16.0 Å². The van der Waals surface area contributed by atoms with Gasteiger partial charge in [-0.3, -0.25) is 14.5 Å². The average Bonchev–Trinajstić information content (AvgIpc) is 3.63. The summed E-state index contributed by atoms with van der Waals surface area (Å²) in [5, 5.41) is 15.6. The Labute approximate surface area is 330 Å². The van der Waals surface area contributed by atoms with Gasteiger partial charge in [0.2, 0.25) is 0 Å². The fourth-order valence-electron chi connectivity index (χ4n) is 7.89. The lowest BCUT2D eigenvalue weighted by molar-refractivity contribution is 0.0904. The van der Waals surface area contributed by atoms with Gasteiger partial charge in [-0.15, -0.1) is 0 Å². The van der Waals surface area contributed by atoms with E-state index in [4.69, 9.17) is 9.72 Å². The van der Waals surface area contributed by atoms with E-state index in [0.717, 1.165) is 90.2 Å². The first-order chi connectivity index (χ1) is 27.2.